The summed E-state index contributed by atoms with van der Waals surface area (Å²) in [5.74, 6) is -1.73. The Morgan fingerprint density at radius 1 is 1.38 bits per heavy atom. The van der Waals surface area contributed by atoms with Crippen molar-refractivity contribution in [1.82, 2.24) is 5.32 Å². The number of aliphatic carboxylic acids is 2. The maximum Gasteiger partial charge on any atom is 0.317 e. The Morgan fingerprint density at radius 2 is 1.77 bits per heavy atom. The molecule has 4 N–H and O–H groups in total. The van der Waals surface area contributed by atoms with Crippen LogP contribution in [0.2, 0.25) is 0 Å². The highest BCUT2D eigenvalue weighted by Gasteiger charge is 1.96. The number of aliphatic hydroxyl groups excluding tert-OH is 1. The van der Waals surface area contributed by atoms with E-state index < -0.39 is 18.2 Å². The first kappa shape index (κ1) is 15.1. The molecule has 0 aliphatic heterocycles. The van der Waals surface area contributed by atoms with Gasteiger partial charge in [0.1, 0.15) is 6.23 Å². The fourth-order valence-electron chi connectivity index (χ4n) is 0.235. The summed E-state index contributed by atoms with van der Waals surface area (Å²) in [4.78, 5) is 19.1. The van der Waals surface area contributed by atoms with Gasteiger partial charge in [-0.3, -0.25) is 14.9 Å². The van der Waals surface area contributed by atoms with Crippen LogP contribution in [-0.4, -0.2) is 44.5 Å². The first-order valence-corrected chi connectivity index (χ1v) is 4.83. The molecule has 0 aromatic carbocycles. The van der Waals surface area contributed by atoms with Gasteiger partial charge in [0.15, 0.2) is 0 Å². The lowest BCUT2D eigenvalue weighted by molar-refractivity contribution is -0.136. The van der Waals surface area contributed by atoms with Crippen molar-refractivity contribution in [3.8, 4) is 0 Å². The van der Waals surface area contributed by atoms with E-state index in [1.54, 1.807) is 22.6 Å². The summed E-state index contributed by atoms with van der Waals surface area (Å²) in [6, 6.07) is 0. The van der Waals surface area contributed by atoms with Crippen molar-refractivity contribution in [2.24, 2.45) is 0 Å². The van der Waals surface area contributed by atoms with E-state index in [0.717, 1.165) is 0 Å². The molecular formula is C6H12INO5. The number of carbonyl (C=O) groups is 2. The van der Waals surface area contributed by atoms with Crippen LogP contribution in [0.1, 0.15) is 6.92 Å². The number of halogens is 1. The van der Waals surface area contributed by atoms with Crippen LogP contribution in [0.3, 0.4) is 0 Å². The number of aliphatic hydroxyl groups is 1. The van der Waals surface area contributed by atoms with E-state index in [4.69, 9.17) is 15.3 Å². The molecule has 0 saturated heterocycles. The summed E-state index contributed by atoms with van der Waals surface area (Å²) < 4.78 is 0.192. The molecule has 0 aromatic heterocycles. The molecule has 78 valence electrons. The normalized spacial score (nSPS) is 11.0. The highest BCUT2D eigenvalue weighted by Crippen LogP contribution is 1.75. The van der Waals surface area contributed by atoms with Gasteiger partial charge in [-0.05, 0) is 6.92 Å². The Balaban J connectivity index is 0. The Bertz CT molecular complexity index is 161. The lowest BCUT2D eigenvalue weighted by Crippen LogP contribution is -2.30. The van der Waals surface area contributed by atoms with Gasteiger partial charge >= 0.3 is 11.9 Å². The van der Waals surface area contributed by atoms with Crippen LogP contribution in [0.15, 0.2) is 0 Å². The average Bonchev–Trinajstić information content (AvgIpc) is 2.02. The fourth-order valence-corrected chi connectivity index (χ4v) is 0.235. The quantitative estimate of drug-likeness (QED) is 0.317. The number of carboxylic acid groups (broad SMARTS) is 2. The molecule has 0 aliphatic rings. The van der Waals surface area contributed by atoms with Crippen LogP contribution in [0.5, 0.6) is 0 Å². The Kier molecular flexibility index (Phi) is 11.2. The molecule has 0 bridgehead atoms. The van der Waals surface area contributed by atoms with Crippen LogP contribution in [0.25, 0.3) is 0 Å². The van der Waals surface area contributed by atoms with Crippen LogP contribution in [0, 0.1) is 0 Å². The van der Waals surface area contributed by atoms with E-state index in [0.29, 0.717) is 0 Å². The van der Waals surface area contributed by atoms with E-state index in [9.17, 15) is 9.59 Å². The third-order valence-corrected chi connectivity index (χ3v) is 1.32. The maximum absolute atomic E-state index is 9.73. The number of rotatable bonds is 4. The molecule has 0 fully saturated rings. The van der Waals surface area contributed by atoms with E-state index >= 15 is 0 Å². The SMILES string of the molecule is CC(O)NCC(=O)O.O=C(O)CI. The Morgan fingerprint density at radius 3 is 1.85 bits per heavy atom. The number of hydrogen-bond acceptors (Lipinski definition) is 4. The highest BCUT2D eigenvalue weighted by atomic mass is 127. The predicted molar refractivity (Wildman–Crippen MR) is 53.8 cm³/mol. The molecular weight excluding hydrogens is 293 g/mol. The molecule has 1 atom stereocenters. The zero-order chi connectivity index (χ0) is 10.9. The van der Waals surface area contributed by atoms with Gasteiger partial charge in [-0.1, -0.05) is 22.6 Å². The molecule has 0 amide bonds. The lowest BCUT2D eigenvalue weighted by atomic mass is 10.6. The lowest BCUT2D eigenvalue weighted by Gasteiger charge is -2.01. The molecule has 0 rings (SSSR count). The monoisotopic (exact) mass is 305 g/mol. The van der Waals surface area contributed by atoms with Gasteiger partial charge < -0.3 is 15.3 Å². The van der Waals surface area contributed by atoms with Crippen molar-refractivity contribution in [3.05, 3.63) is 0 Å². The van der Waals surface area contributed by atoms with Gasteiger partial charge in [0.05, 0.1) is 11.0 Å². The van der Waals surface area contributed by atoms with Crippen LogP contribution >= 0.6 is 22.6 Å². The summed E-state index contributed by atoms with van der Waals surface area (Å²) in [7, 11) is 0. The molecule has 0 aromatic rings. The van der Waals surface area contributed by atoms with E-state index in [1.165, 1.54) is 6.92 Å². The van der Waals surface area contributed by atoms with Crippen molar-refractivity contribution < 1.29 is 24.9 Å². The number of alkyl halides is 1. The number of nitrogens with one attached hydrogen (secondary N) is 1. The standard InChI is InChI=1S/C4H9NO3.C2H3IO2/c1-3(6)5-2-4(7)8;3-1-2(4)5/h3,5-6H,2H2,1H3,(H,7,8);1H2,(H,4,5). The van der Waals surface area contributed by atoms with Crippen LogP contribution in [0.4, 0.5) is 0 Å². The van der Waals surface area contributed by atoms with Crippen molar-refractivity contribution in [1.29, 1.82) is 0 Å². The summed E-state index contributed by atoms with van der Waals surface area (Å²) >= 11 is 1.78. The molecule has 0 saturated carbocycles. The van der Waals surface area contributed by atoms with Crippen molar-refractivity contribution in [2.45, 2.75) is 13.2 Å². The molecule has 1 unspecified atom stereocenters. The fraction of sp³-hybridized carbons (Fsp3) is 0.667. The summed E-state index contributed by atoms with van der Waals surface area (Å²) in [6.07, 6.45) is -0.744. The maximum atomic E-state index is 9.73. The second kappa shape index (κ2) is 9.68. The Labute approximate surface area is 89.1 Å². The van der Waals surface area contributed by atoms with Crippen LogP contribution < -0.4 is 5.32 Å². The van der Waals surface area contributed by atoms with Gasteiger partial charge in [0.25, 0.3) is 0 Å². The van der Waals surface area contributed by atoms with Gasteiger partial charge in [0.2, 0.25) is 0 Å². The summed E-state index contributed by atoms with van der Waals surface area (Å²) in [5.41, 5.74) is 0. The number of carboxylic acids is 2. The average molecular weight is 305 g/mol. The van der Waals surface area contributed by atoms with Gasteiger partial charge in [-0.15, -0.1) is 0 Å². The second-order valence-corrected chi connectivity index (χ2v) is 2.74. The minimum atomic E-state index is -0.967. The molecule has 13 heavy (non-hydrogen) atoms. The summed E-state index contributed by atoms with van der Waals surface area (Å²) in [5, 5.41) is 26.4. The highest BCUT2D eigenvalue weighted by molar-refractivity contribution is 14.1. The third kappa shape index (κ3) is 24.5. The van der Waals surface area contributed by atoms with Crippen molar-refractivity contribution >= 4 is 34.5 Å². The van der Waals surface area contributed by atoms with Crippen molar-refractivity contribution in [2.75, 3.05) is 11.0 Å². The predicted octanol–water partition coefficient (Wildman–Crippen LogP) is -0.495. The zero-order valence-electron chi connectivity index (χ0n) is 7.03. The molecule has 0 spiro atoms. The molecule has 7 heteroatoms. The topological polar surface area (TPSA) is 107 Å². The van der Waals surface area contributed by atoms with Crippen LogP contribution in [-0.2, 0) is 9.59 Å². The molecule has 6 nitrogen and oxygen atoms in total. The van der Waals surface area contributed by atoms with E-state index in [1.807, 2.05) is 0 Å². The smallest absolute Gasteiger partial charge is 0.317 e. The third-order valence-electron chi connectivity index (χ3n) is 0.663. The number of hydrogen-bond donors (Lipinski definition) is 4. The van der Waals surface area contributed by atoms with E-state index in [-0.39, 0.29) is 11.0 Å². The molecule has 0 aliphatic carbocycles. The van der Waals surface area contributed by atoms with Gasteiger partial charge in [-0.25, -0.2) is 0 Å². The first-order chi connectivity index (χ1) is 5.90. The van der Waals surface area contributed by atoms with Gasteiger partial charge in [0, 0.05) is 0 Å². The molecule has 0 heterocycles. The summed E-state index contributed by atoms with van der Waals surface area (Å²) in [6.45, 7) is 1.26. The van der Waals surface area contributed by atoms with Crippen molar-refractivity contribution in [3.63, 3.8) is 0 Å². The van der Waals surface area contributed by atoms with Gasteiger partial charge in [-0.2, -0.15) is 0 Å². The molecule has 0 radical (unpaired) electrons. The minimum Gasteiger partial charge on any atom is -0.481 e. The minimum absolute atomic E-state index is 0.192. The first-order valence-electron chi connectivity index (χ1n) is 3.31. The zero-order valence-corrected chi connectivity index (χ0v) is 9.19. The Hall–Kier alpha value is -0.410. The second-order valence-electron chi connectivity index (χ2n) is 1.98. The van der Waals surface area contributed by atoms with E-state index in [2.05, 4.69) is 5.32 Å². The largest absolute Gasteiger partial charge is 0.481 e.